The van der Waals surface area contributed by atoms with Gasteiger partial charge in [-0.15, -0.1) is 0 Å². The first-order chi connectivity index (χ1) is 8.23. The van der Waals surface area contributed by atoms with Gasteiger partial charge in [0.25, 0.3) is 0 Å². The normalized spacial score (nSPS) is 30.4. The van der Waals surface area contributed by atoms with E-state index in [4.69, 9.17) is 0 Å². The van der Waals surface area contributed by atoms with Crippen LogP contribution in [0, 0.1) is 0 Å². The molecule has 1 atom stereocenters. The van der Waals surface area contributed by atoms with Crippen molar-refractivity contribution in [1.29, 1.82) is 0 Å². The van der Waals surface area contributed by atoms with Gasteiger partial charge in [-0.1, -0.05) is 39.0 Å². The number of β-amino-alcohol motifs (C(OH)–C–C–N with tert-alkyl or cyclic N) is 1. The van der Waals surface area contributed by atoms with Gasteiger partial charge in [-0.2, -0.15) is 0 Å². The van der Waals surface area contributed by atoms with Crippen LogP contribution in [0.3, 0.4) is 0 Å². The molecule has 2 fully saturated rings. The monoisotopic (exact) mass is 239 g/mol. The molecule has 100 valence electrons. The van der Waals surface area contributed by atoms with Gasteiger partial charge in [0, 0.05) is 12.6 Å². The van der Waals surface area contributed by atoms with E-state index in [2.05, 4.69) is 11.8 Å². The molecule has 2 heteroatoms. The third-order valence-electron chi connectivity index (χ3n) is 4.65. The second kappa shape index (κ2) is 6.19. The maximum Gasteiger partial charge on any atom is 0.0774 e. The van der Waals surface area contributed by atoms with E-state index < -0.39 is 0 Å². The van der Waals surface area contributed by atoms with Crippen LogP contribution in [-0.2, 0) is 0 Å². The fraction of sp³-hybridized carbons (Fsp3) is 1.00. The van der Waals surface area contributed by atoms with Crippen LogP contribution >= 0.6 is 0 Å². The van der Waals surface area contributed by atoms with E-state index in [0.717, 1.165) is 25.4 Å². The summed E-state index contributed by atoms with van der Waals surface area (Å²) in [6.07, 6.45) is 12.5. The highest BCUT2D eigenvalue weighted by Crippen LogP contribution is 2.31. The van der Waals surface area contributed by atoms with Gasteiger partial charge in [0.2, 0.25) is 0 Å². The maximum atomic E-state index is 10.7. The van der Waals surface area contributed by atoms with E-state index in [9.17, 15) is 5.11 Å². The molecule has 0 bridgehead atoms. The third-order valence-corrected chi connectivity index (χ3v) is 4.65. The average molecular weight is 239 g/mol. The Balaban J connectivity index is 1.90. The highest BCUT2D eigenvalue weighted by Gasteiger charge is 2.34. The lowest BCUT2D eigenvalue weighted by Crippen LogP contribution is -2.50. The molecule has 0 aromatic carbocycles. The van der Waals surface area contributed by atoms with E-state index in [1.807, 2.05) is 0 Å². The molecule has 0 aromatic rings. The minimum Gasteiger partial charge on any atom is -0.389 e. The van der Waals surface area contributed by atoms with Crippen LogP contribution in [0.5, 0.6) is 0 Å². The van der Waals surface area contributed by atoms with E-state index >= 15 is 0 Å². The summed E-state index contributed by atoms with van der Waals surface area (Å²) in [7, 11) is 0. The zero-order valence-electron chi connectivity index (χ0n) is 11.5. The molecule has 1 N–H and O–H groups in total. The Hall–Kier alpha value is -0.0800. The van der Waals surface area contributed by atoms with Crippen LogP contribution in [0.15, 0.2) is 0 Å². The van der Waals surface area contributed by atoms with Gasteiger partial charge in [0.15, 0.2) is 0 Å². The minimum atomic E-state index is -0.360. The molecular formula is C15H29NO. The van der Waals surface area contributed by atoms with Gasteiger partial charge >= 0.3 is 0 Å². The van der Waals surface area contributed by atoms with Gasteiger partial charge < -0.3 is 5.11 Å². The lowest BCUT2D eigenvalue weighted by Gasteiger charge is -2.42. The number of nitrogens with zero attached hydrogens (tertiary/aromatic N) is 1. The van der Waals surface area contributed by atoms with Gasteiger partial charge in [0.05, 0.1) is 5.60 Å². The van der Waals surface area contributed by atoms with Crippen LogP contribution in [-0.4, -0.2) is 34.7 Å². The van der Waals surface area contributed by atoms with E-state index in [0.29, 0.717) is 0 Å². The van der Waals surface area contributed by atoms with Crippen LogP contribution in [0.1, 0.15) is 71.1 Å². The van der Waals surface area contributed by atoms with Crippen molar-refractivity contribution in [1.82, 2.24) is 4.90 Å². The van der Waals surface area contributed by atoms with Gasteiger partial charge in [-0.25, -0.2) is 0 Å². The van der Waals surface area contributed by atoms with Gasteiger partial charge in [-0.3, -0.25) is 4.90 Å². The largest absolute Gasteiger partial charge is 0.389 e. The van der Waals surface area contributed by atoms with Crippen molar-refractivity contribution in [2.24, 2.45) is 0 Å². The second-order valence-corrected chi connectivity index (χ2v) is 6.19. The molecule has 0 radical (unpaired) electrons. The topological polar surface area (TPSA) is 23.5 Å². The van der Waals surface area contributed by atoms with Crippen LogP contribution in [0.2, 0.25) is 0 Å². The molecule has 1 saturated carbocycles. The molecule has 0 aromatic heterocycles. The smallest absolute Gasteiger partial charge is 0.0774 e. The van der Waals surface area contributed by atoms with Crippen molar-refractivity contribution in [3.05, 3.63) is 0 Å². The third kappa shape index (κ3) is 3.69. The highest BCUT2D eigenvalue weighted by atomic mass is 16.3. The molecular weight excluding hydrogens is 210 g/mol. The van der Waals surface area contributed by atoms with Crippen molar-refractivity contribution < 1.29 is 5.11 Å². The Kier molecular flexibility index (Phi) is 4.87. The number of hydrogen-bond acceptors (Lipinski definition) is 2. The molecule has 17 heavy (non-hydrogen) atoms. The zero-order valence-corrected chi connectivity index (χ0v) is 11.5. The summed E-state index contributed by atoms with van der Waals surface area (Å²) in [5.41, 5.74) is -0.360. The average Bonchev–Trinajstić information content (AvgIpc) is 2.32. The molecule has 1 aliphatic carbocycles. The molecule has 1 heterocycles. The molecule has 1 unspecified atom stereocenters. The van der Waals surface area contributed by atoms with Crippen molar-refractivity contribution in [3.8, 4) is 0 Å². The Morgan fingerprint density at radius 3 is 2.59 bits per heavy atom. The summed E-state index contributed by atoms with van der Waals surface area (Å²) in [5.74, 6) is 0. The Bertz CT molecular complexity index is 221. The molecule has 2 nitrogen and oxygen atoms in total. The predicted molar refractivity (Wildman–Crippen MR) is 72.2 cm³/mol. The fourth-order valence-electron chi connectivity index (χ4n) is 3.67. The lowest BCUT2D eigenvalue weighted by molar-refractivity contribution is -0.0430. The first kappa shape index (κ1) is 13.4. The Labute approximate surface area is 106 Å². The molecule has 0 spiro atoms. The molecule has 0 amide bonds. The van der Waals surface area contributed by atoms with Crippen molar-refractivity contribution in [3.63, 3.8) is 0 Å². The summed E-state index contributed by atoms with van der Waals surface area (Å²) in [5, 5.41) is 10.7. The summed E-state index contributed by atoms with van der Waals surface area (Å²) in [6, 6.07) is 0.750. The van der Waals surface area contributed by atoms with Crippen LogP contribution in [0.25, 0.3) is 0 Å². The van der Waals surface area contributed by atoms with Gasteiger partial charge in [-0.05, 0) is 38.6 Å². The quantitative estimate of drug-likeness (QED) is 0.813. The molecule has 1 saturated heterocycles. The van der Waals surface area contributed by atoms with E-state index in [-0.39, 0.29) is 5.60 Å². The number of hydrogen-bond donors (Lipinski definition) is 1. The summed E-state index contributed by atoms with van der Waals surface area (Å²) < 4.78 is 0. The Morgan fingerprint density at radius 1 is 1.12 bits per heavy atom. The first-order valence-corrected chi connectivity index (χ1v) is 7.70. The van der Waals surface area contributed by atoms with Crippen LogP contribution < -0.4 is 0 Å². The number of piperidine rings is 1. The highest BCUT2D eigenvalue weighted by molar-refractivity contribution is 4.89. The van der Waals surface area contributed by atoms with Crippen molar-refractivity contribution >= 4 is 0 Å². The lowest BCUT2D eigenvalue weighted by atomic mass is 9.83. The minimum absolute atomic E-state index is 0.360. The SMILES string of the molecule is CCCC1CCCCN1CC1(O)CCCCC1. The van der Waals surface area contributed by atoms with Crippen molar-refractivity contribution in [2.75, 3.05) is 13.1 Å². The predicted octanol–water partition coefficient (Wildman–Crippen LogP) is 3.34. The van der Waals surface area contributed by atoms with Crippen molar-refractivity contribution in [2.45, 2.75) is 82.8 Å². The summed E-state index contributed by atoms with van der Waals surface area (Å²) >= 11 is 0. The molecule has 2 aliphatic rings. The Morgan fingerprint density at radius 2 is 1.88 bits per heavy atom. The van der Waals surface area contributed by atoms with E-state index in [1.165, 1.54) is 57.9 Å². The number of aliphatic hydroxyl groups is 1. The van der Waals surface area contributed by atoms with Crippen LogP contribution in [0.4, 0.5) is 0 Å². The fourth-order valence-corrected chi connectivity index (χ4v) is 3.67. The number of likely N-dealkylation sites (tertiary alicyclic amines) is 1. The number of rotatable bonds is 4. The van der Waals surface area contributed by atoms with Gasteiger partial charge in [0.1, 0.15) is 0 Å². The standard InChI is InChI=1S/C15H29NO/c1-2-8-14-9-4-7-12-16(14)13-15(17)10-5-3-6-11-15/h14,17H,2-13H2,1H3. The summed E-state index contributed by atoms with van der Waals surface area (Å²) in [4.78, 5) is 2.60. The maximum absolute atomic E-state index is 10.7. The first-order valence-electron chi connectivity index (χ1n) is 7.70. The second-order valence-electron chi connectivity index (χ2n) is 6.19. The summed E-state index contributed by atoms with van der Waals surface area (Å²) in [6.45, 7) is 4.44. The van der Waals surface area contributed by atoms with E-state index in [1.54, 1.807) is 0 Å². The zero-order chi connectivity index (χ0) is 12.1. The molecule has 2 rings (SSSR count). The molecule has 1 aliphatic heterocycles.